The highest BCUT2D eigenvalue weighted by Crippen LogP contribution is 2.67. The Morgan fingerprint density at radius 1 is 1.17 bits per heavy atom. The van der Waals surface area contributed by atoms with Crippen molar-refractivity contribution < 1.29 is 13.9 Å². The van der Waals surface area contributed by atoms with Gasteiger partial charge in [-0.15, -0.1) is 0 Å². The van der Waals surface area contributed by atoms with Crippen LogP contribution in [0.2, 0.25) is 0 Å². The summed E-state index contributed by atoms with van der Waals surface area (Å²) in [6.07, 6.45) is 10.1. The minimum atomic E-state index is -0.684. The molecule has 4 bridgehead atoms. The molecular formula is C20H24O3. The Labute approximate surface area is 137 Å². The van der Waals surface area contributed by atoms with Crippen molar-refractivity contribution in [3.8, 4) is 0 Å². The lowest BCUT2D eigenvalue weighted by atomic mass is 9.69. The smallest absolute Gasteiger partial charge is 0.310 e. The predicted octanol–water partition coefficient (Wildman–Crippen LogP) is 4.15. The van der Waals surface area contributed by atoms with E-state index in [1.165, 1.54) is 12.8 Å². The third-order valence-corrected chi connectivity index (χ3v) is 7.04. The zero-order chi connectivity index (χ0) is 15.8. The van der Waals surface area contributed by atoms with Crippen molar-refractivity contribution in [1.29, 1.82) is 0 Å². The lowest BCUT2D eigenvalue weighted by Crippen LogP contribution is -2.37. The van der Waals surface area contributed by atoms with Crippen molar-refractivity contribution in [2.45, 2.75) is 38.7 Å². The zero-order valence-electron chi connectivity index (χ0n) is 13.8. The maximum atomic E-state index is 12.9. The summed E-state index contributed by atoms with van der Waals surface area (Å²) in [4.78, 5) is 12.9. The van der Waals surface area contributed by atoms with Gasteiger partial charge in [-0.2, -0.15) is 0 Å². The fourth-order valence-electron chi connectivity index (χ4n) is 6.29. The number of esters is 1. The molecule has 7 unspecified atom stereocenters. The Bertz CT molecular complexity index is 656. The third kappa shape index (κ3) is 1.85. The van der Waals surface area contributed by atoms with Crippen molar-refractivity contribution in [2.24, 2.45) is 41.4 Å². The Kier molecular flexibility index (Phi) is 2.73. The summed E-state index contributed by atoms with van der Waals surface area (Å²) in [5, 5.41) is 0. The first-order valence-electron chi connectivity index (χ1n) is 9.00. The Hall–Kier alpha value is -1.51. The number of fused-ring (bicyclic) bond motifs is 9. The fraction of sp³-hybridized carbons (Fsp3) is 0.650. The number of hydrogen-bond donors (Lipinski definition) is 0. The average Bonchev–Trinajstić information content (AvgIpc) is 3.31. The molecule has 1 aromatic rings. The zero-order valence-corrected chi connectivity index (χ0v) is 13.8. The molecular weight excluding hydrogens is 288 g/mol. The van der Waals surface area contributed by atoms with Gasteiger partial charge in [0.15, 0.2) is 5.60 Å². The lowest BCUT2D eigenvalue weighted by Gasteiger charge is -2.36. The number of carbonyl (C=O) groups is 1. The van der Waals surface area contributed by atoms with E-state index in [0.29, 0.717) is 5.92 Å². The van der Waals surface area contributed by atoms with Crippen molar-refractivity contribution in [1.82, 2.24) is 0 Å². The maximum Gasteiger partial charge on any atom is 0.310 e. The molecule has 7 atom stereocenters. The molecule has 3 heteroatoms. The first-order valence-corrected chi connectivity index (χ1v) is 9.00. The molecule has 3 nitrogen and oxygen atoms in total. The van der Waals surface area contributed by atoms with Crippen LogP contribution >= 0.6 is 0 Å². The van der Waals surface area contributed by atoms with Crippen LogP contribution in [0.5, 0.6) is 0 Å². The highest BCUT2D eigenvalue weighted by molar-refractivity contribution is 5.74. The molecule has 0 saturated heterocycles. The van der Waals surface area contributed by atoms with Crippen LogP contribution in [0.25, 0.3) is 0 Å². The van der Waals surface area contributed by atoms with Crippen LogP contribution in [0.1, 0.15) is 38.9 Å². The van der Waals surface area contributed by atoms with E-state index in [1.54, 1.807) is 6.26 Å². The fourth-order valence-corrected chi connectivity index (χ4v) is 6.29. The van der Waals surface area contributed by atoms with Crippen LogP contribution in [0.15, 0.2) is 35.0 Å². The van der Waals surface area contributed by atoms with Crippen LogP contribution in [0.4, 0.5) is 0 Å². The predicted molar refractivity (Wildman–Crippen MR) is 85.2 cm³/mol. The van der Waals surface area contributed by atoms with E-state index in [1.807, 2.05) is 26.0 Å². The first kappa shape index (κ1) is 13.9. The Balaban J connectivity index is 1.34. The molecule has 5 rings (SSSR count). The second-order valence-electron chi connectivity index (χ2n) is 8.51. The van der Waals surface area contributed by atoms with Gasteiger partial charge < -0.3 is 9.15 Å². The molecule has 3 saturated carbocycles. The molecule has 0 aromatic carbocycles. The van der Waals surface area contributed by atoms with E-state index < -0.39 is 5.60 Å². The molecule has 0 spiro atoms. The van der Waals surface area contributed by atoms with Gasteiger partial charge in [-0.3, -0.25) is 4.79 Å². The molecule has 1 aromatic heterocycles. The van der Waals surface area contributed by atoms with E-state index in [0.717, 1.165) is 41.8 Å². The number of ether oxygens (including phenoxy) is 1. The normalized spacial score (nSPS) is 43.1. The molecule has 4 aliphatic rings. The third-order valence-electron chi connectivity index (χ3n) is 7.04. The van der Waals surface area contributed by atoms with E-state index in [2.05, 4.69) is 12.2 Å². The molecule has 23 heavy (non-hydrogen) atoms. The minimum absolute atomic E-state index is 0.0101. The van der Waals surface area contributed by atoms with Crippen LogP contribution in [0.3, 0.4) is 0 Å². The monoisotopic (exact) mass is 312 g/mol. The Morgan fingerprint density at radius 3 is 2.70 bits per heavy atom. The second kappa shape index (κ2) is 4.52. The quantitative estimate of drug-likeness (QED) is 0.478. The van der Waals surface area contributed by atoms with Gasteiger partial charge in [0.1, 0.15) is 5.76 Å². The minimum Gasteiger partial charge on any atom is -0.465 e. The highest BCUT2D eigenvalue weighted by atomic mass is 16.6. The topological polar surface area (TPSA) is 39.4 Å². The van der Waals surface area contributed by atoms with E-state index >= 15 is 0 Å². The largest absolute Gasteiger partial charge is 0.465 e. The average molecular weight is 312 g/mol. The maximum absolute atomic E-state index is 12.9. The standard InChI is InChI=1S/C20H24O3/c1-20(2,16-4-3-7-22-16)23-19(21)15-10-13-9-14(15)18-12-6-5-11(8-12)17(13)18/h3-7,11-15,17-18H,8-10H2,1-2H3. The van der Waals surface area contributed by atoms with Crippen molar-refractivity contribution in [3.05, 3.63) is 36.3 Å². The number of hydrogen-bond acceptors (Lipinski definition) is 3. The van der Waals surface area contributed by atoms with E-state index in [9.17, 15) is 4.79 Å². The van der Waals surface area contributed by atoms with Crippen LogP contribution in [-0.2, 0) is 15.1 Å². The van der Waals surface area contributed by atoms with E-state index in [4.69, 9.17) is 9.15 Å². The molecule has 0 N–H and O–H groups in total. The molecule has 122 valence electrons. The SMILES string of the molecule is CC(C)(OC(=O)C1CC2CC1C1C3C=CC(C3)C21)c1ccco1. The summed E-state index contributed by atoms with van der Waals surface area (Å²) in [6, 6.07) is 3.72. The summed E-state index contributed by atoms with van der Waals surface area (Å²) in [5.74, 6) is 5.23. The molecule has 0 aliphatic heterocycles. The molecule has 1 heterocycles. The Morgan fingerprint density at radius 2 is 1.96 bits per heavy atom. The van der Waals surface area contributed by atoms with Crippen LogP contribution in [0, 0.1) is 41.4 Å². The summed E-state index contributed by atoms with van der Waals surface area (Å²) in [5.41, 5.74) is -0.684. The van der Waals surface area contributed by atoms with Crippen molar-refractivity contribution in [2.75, 3.05) is 0 Å². The van der Waals surface area contributed by atoms with Gasteiger partial charge in [0, 0.05) is 0 Å². The lowest BCUT2D eigenvalue weighted by molar-refractivity contribution is -0.167. The molecule has 4 aliphatic carbocycles. The number of furan rings is 1. The van der Waals surface area contributed by atoms with Gasteiger partial charge >= 0.3 is 5.97 Å². The van der Waals surface area contributed by atoms with Gasteiger partial charge in [0.2, 0.25) is 0 Å². The van der Waals surface area contributed by atoms with Gasteiger partial charge in [0.25, 0.3) is 0 Å². The van der Waals surface area contributed by atoms with Gasteiger partial charge in [-0.05, 0) is 80.8 Å². The van der Waals surface area contributed by atoms with Crippen molar-refractivity contribution in [3.63, 3.8) is 0 Å². The molecule has 3 fully saturated rings. The number of allylic oxidation sites excluding steroid dienone is 2. The van der Waals surface area contributed by atoms with Gasteiger partial charge in [0.05, 0.1) is 12.2 Å². The summed E-state index contributed by atoms with van der Waals surface area (Å²) >= 11 is 0. The van der Waals surface area contributed by atoms with Crippen LogP contribution in [-0.4, -0.2) is 5.97 Å². The van der Waals surface area contributed by atoms with Gasteiger partial charge in [-0.25, -0.2) is 0 Å². The molecule has 0 amide bonds. The molecule has 0 radical (unpaired) electrons. The second-order valence-corrected chi connectivity index (χ2v) is 8.51. The van der Waals surface area contributed by atoms with Crippen LogP contribution < -0.4 is 0 Å². The van der Waals surface area contributed by atoms with E-state index in [-0.39, 0.29) is 11.9 Å². The summed E-state index contributed by atoms with van der Waals surface area (Å²) in [6.45, 7) is 3.83. The number of carbonyl (C=O) groups excluding carboxylic acids is 1. The first-order chi connectivity index (χ1) is 11.0. The highest BCUT2D eigenvalue weighted by Gasteiger charge is 2.62. The summed E-state index contributed by atoms with van der Waals surface area (Å²) < 4.78 is 11.3. The van der Waals surface area contributed by atoms with Crippen molar-refractivity contribution >= 4 is 5.97 Å². The summed E-state index contributed by atoms with van der Waals surface area (Å²) in [7, 11) is 0. The van der Waals surface area contributed by atoms with Gasteiger partial charge in [-0.1, -0.05) is 12.2 Å². The number of rotatable bonds is 3.